The second-order valence-corrected chi connectivity index (χ2v) is 10.1. The zero-order valence-electron chi connectivity index (χ0n) is 23.5. The van der Waals surface area contributed by atoms with Crippen molar-refractivity contribution in [3.8, 4) is 11.4 Å². The van der Waals surface area contributed by atoms with E-state index in [0.29, 0.717) is 34.7 Å². The SMILES string of the molecule is CC(C)N1CCN(c2ccc(Nc3nccc(-c4cc5c(ncn5C(C)C)c(F)n4)n3)nc2)CC1.O=C(O)C(F)(F)F. The van der Waals surface area contributed by atoms with Gasteiger partial charge < -0.3 is 19.9 Å². The molecular weight excluding hydrogens is 558 g/mol. The Kier molecular flexibility index (Phi) is 9.19. The number of anilines is 3. The van der Waals surface area contributed by atoms with Gasteiger partial charge in [0.2, 0.25) is 11.9 Å². The van der Waals surface area contributed by atoms with Crippen LogP contribution in [0.4, 0.5) is 35.0 Å². The van der Waals surface area contributed by atoms with E-state index in [-0.39, 0.29) is 11.6 Å². The summed E-state index contributed by atoms with van der Waals surface area (Å²) in [5.41, 5.74) is 2.97. The lowest BCUT2D eigenvalue weighted by Crippen LogP contribution is -2.48. The van der Waals surface area contributed by atoms with Crippen molar-refractivity contribution in [3.63, 3.8) is 0 Å². The van der Waals surface area contributed by atoms with Crippen LogP contribution in [-0.4, -0.2) is 83.9 Å². The smallest absolute Gasteiger partial charge is 0.475 e. The maximum absolute atomic E-state index is 14.6. The zero-order chi connectivity index (χ0) is 30.6. The molecule has 4 aromatic rings. The molecule has 0 saturated carbocycles. The Morgan fingerprint density at radius 1 is 0.952 bits per heavy atom. The molecule has 42 heavy (non-hydrogen) atoms. The van der Waals surface area contributed by atoms with E-state index in [1.807, 2.05) is 36.7 Å². The number of imidazole rings is 1. The van der Waals surface area contributed by atoms with Crippen molar-refractivity contribution in [2.24, 2.45) is 0 Å². The predicted octanol–water partition coefficient (Wildman–Crippen LogP) is 4.91. The number of aliphatic carboxylic acids is 1. The molecule has 0 atom stereocenters. The molecule has 0 spiro atoms. The zero-order valence-corrected chi connectivity index (χ0v) is 23.5. The average Bonchev–Trinajstić information content (AvgIpc) is 3.39. The van der Waals surface area contributed by atoms with Gasteiger partial charge in [0.15, 0.2) is 0 Å². The molecule has 1 fully saturated rings. The Hall–Kier alpha value is -4.40. The van der Waals surface area contributed by atoms with Gasteiger partial charge in [0.25, 0.3) is 0 Å². The van der Waals surface area contributed by atoms with E-state index in [2.05, 4.69) is 60.0 Å². The minimum Gasteiger partial charge on any atom is -0.475 e. The van der Waals surface area contributed by atoms with Gasteiger partial charge in [0.1, 0.15) is 11.3 Å². The van der Waals surface area contributed by atoms with E-state index in [1.54, 1.807) is 18.6 Å². The number of aromatic nitrogens is 6. The number of fused-ring (bicyclic) bond motifs is 1. The summed E-state index contributed by atoms with van der Waals surface area (Å²) in [4.78, 5) is 35.4. The highest BCUT2D eigenvalue weighted by molar-refractivity contribution is 5.79. The molecule has 0 unspecified atom stereocenters. The average molecular weight is 590 g/mol. The van der Waals surface area contributed by atoms with E-state index >= 15 is 0 Å². The molecule has 0 aliphatic carbocycles. The van der Waals surface area contributed by atoms with Crippen molar-refractivity contribution >= 4 is 34.5 Å². The van der Waals surface area contributed by atoms with Crippen molar-refractivity contribution in [3.05, 3.63) is 48.9 Å². The van der Waals surface area contributed by atoms with Gasteiger partial charge in [0, 0.05) is 44.5 Å². The van der Waals surface area contributed by atoms with Gasteiger partial charge in [-0.1, -0.05) is 0 Å². The predicted molar refractivity (Wildman–Crippen MR) is 149 cm³/mol. The van der Waals surface area contributed by atoms with E-state index in [9.17, 15) is 17.6 Å². The molecule has 5 heterocycles. The summed E-state index contributed by atoms with van der Waals surface area (Å²) in [7, 11) is 0. The number of hydrogen-bond donors (Lipinski definition) is 2. The maximum atomic E-state index is 14.6. The first-order valence-electron chi connectivity index (χ1n) is 13.2. The Labute approximate surface area is 239 Å². The summed E-state index contributed by atoms with van der Waals surface area (Å²) in [5.74, 6) is -2.36. The molecule has 15 heteroatoms. The summed E-state index contributed by atoms with van der Waals surface area (Å²) in [6.07, 6.45) is 0.0440. The van der Waals surface area contributed by atoms with Gasteiger partial charge in [-0.2, -0.15) is 17.6 Å². The van der Waals surface area contributed by atoms with Gasteiger partial charge in [0.05, 0.1) is 35.1 Å². The van der Waals surface area contributed by atoms with Crippen LogP contribution in [-0.2, 0) is 4.79 Å². The Balaban J connectivity index is 0.000000517. The molecule has 0 amide bonds. The molecule has 11 nitrogen and oxygen atoms in total. The molecule has 1 aliphatic heterocycles. The van der Waals surface area contributed by atoms with Gasteiger partial charge in [-0.25, -0.2) is 29.7 Å². The first-order chi connectivity index (χ1) is 19.8. The fourth-order valence-corrected chi connectivity index (χ4v) is 4.36. The third kappa shape index (κ3) is 7.26. The minimum atomic E-state index is -5.08. The highest BCUT2D eigenvalue weighted by Gasteiger charge is 2.38. The van der Waals surface area contributed by atoms with E-state index in [1.165, 1.54) is 0 Å². The lowest BCUT2D eigenvalue weighted by Gasteiger charge is -2.38. The lowest BCUT2D eigenvalue weighted by molar-refractivity contribution is -0.192. The van der Waals surface area contributed by atoms with Crippen LogP contribution >= 0.6 is 0 Å². The second kappa shape index (κ2) is 12.6. The number of carbonyl (C=O) groups is 1. The number of alkyl halides is 3. The third-order valence-corrected chi connectivity index (χ3v) is 6.63. The Bertz CT molecular complexity index is 1520. The number of carboxylic acid groups (broad SMARTS) is 1. The maximum Gasteiger partial charge on any atom is 0.490 e. The number of piperazine rings is 1. The molecule has 2 N–H and O–H groups in total. The van der Waals surface area contributed by atoms with Crippen molar-refractivity contribution in [2.75, 3.05) is 36.4 Å². The van der Waals surface area contributed by atoms with Crippen LogP contribution in [0.5, 0.6) is 0 Å². The summed E-state index contributed by atoms with van der Waals surface area (Å²) < 4.78 is 48.3. The third-order valence-electron chi connectivity index (χ3n) is 6.63. The number of halogens is 4. The topological polar surface area (TPSA) is 125 Å². The second-order valence-electron chi connectivity index (χ2n) is 10.1. The molecule has 0 bridgehead atoms. The summed E-state index contributed by atoms with van der Waals surface area (Å²) in [6, 6.07) is 8.22. The largest absolute Gasteiger partial charge is 0.490 e. The molecule has 1 aliphatic rings. The number of carboxylic acids is 1. The fourth-order valence-electron chi connectivity index (χ4n) is 4.36. The molecule has 0 radical (unpaired) electrons. The molecular formula is C27H31F4N9O2. The molecule has 5 rings (SSSR count). The van der Waals surface area contributed by atoms with Gasteiger partial charge >= 0.3 is 12.1 Å². The van der Waals surface area contributed by atoms with Gasteiger partial charge in [-0.15, -0.1) is 0 Å². The van der Waals surface area contributed by atoms with Crippen LogP contribution in [0.15, 0.2) is 43.0 Å². The summed E-state index contributed by atoms with van der Waals surface area (Å²) in [6.45, 7) is 12.6. The quantitative estimate of drug-likeness (QED) is 0.237. The number of hydrogen-bond acceptors (Lipinski definition) is 9. The highest BCUT2D eigenvalue weighted by Crippen LogP contribution is 2.26. The standard InChI is InChI=1S/C25H30FN9.C2HF3O2/c1-16(2)33-9-11-34(12-10-33)18-5-6-22(28-14-18)32-25-27-8-7-19(31-25)20-13-21-23(24(26)30-20)29-15-35(21)17(3)4;3-2(4,5)1(6)7/h5-8,13-17H,9-12H2,1-4H3,(H,27,28,31,32);(H,6,7). The van der Waals surface area contributed by atoms with Crippen molar-refractivity contribution in [1.29, 1.82) is 0 Å². The van der Waals surface area contributed by atoms with E-state index in [4.69, 9.17) is 9.90 Å². The Morgan fingerprint density at radius 3 is 2.21 bits per heavy atom. The van der Waals surface area contributed by atoms with E-state index < -0.39 is 18.1 Å². The summed E-state index contributed by atoms with van der Waals surface area (Å²) in [5, 5.41) is 10.3. The van der Waals surface area contributed by atoms with Crippen LogP contribution in [0.2, 0.25) is 0 Å². The summed E-state index contributed by atoms with van der Waals surface area (Å²) >= 11 is 0. The van der Waals surface area contributed by atoms with Crippen LogP contribution in [0, 0.1) is 5.95 Å². The first kappa shape index (κ1) is 30.6. The Morgan fingerprint density at radius 2 is 1.64 bits per heavy atom. The van der Waals surface area contributed by atoms with Crippen LogP contribution < -0.4 is 10.2 Å². The number of pyridine rings is 2. The normalized spacial score (nSPS) is 14.3. The molecule has 4 aromatic heterocycles. The molecule has 0 aromatic carbocycles. The van der Waals surface area contributed by atoms with Gasteiger partial charge in [-0.3, -0.25) is 4.90 Å². The van der Waals surface area contributed by atoms with Crippen LogP contribution in [0.25, 0.3) is 22.4 Å². The fraction of sp³-hybridized carbons (Fsp3) is 0.407. The van der Waals surface area contributed by atoms with Crippen LogP contribution in [0.3, 0.4) is 0 Å². The highest BCUT2D eigenvalue weighted by atomic mass is 19.4. The first-order valence-corrected chi connectivity index (χ1v) is 13.2. The molecule has 1 saturated heterocycles. The minimum absolute atomic E-state index is 0.144. The van der Waals surface area contributed by atoms with Crippen molar-refractivity contribution in [1.82, 2.24) is 34.4 Å². The number of nitrogens with zero attached hydrogens (tertiary/aromatic N) is 8. The van der Waals surface area contributed by atoms with E-state index in [0.717, 1.165) is 31.9 Å². The van der Waals surface area contributed by atoms with Crippen LogP contribution in [0.1, 0.15) is 33.7 Å². The number of rotatable bonds is 6. The van der Waals surface area contributed by atoms with Crippen molar-refractivity contribution < 1.29 is 27.5 Å². The molecule has 224 valence electrons. The number of nitrogens with one attached hydrogen (secondary N) is 1. The van der Waals surface area contributed by atoms with Gasteiger partial charge in [-0.05, 0) is 52.0 Å². The monoisotopic (exact) mass is 589 g/mol. The lowest BCUT2D eigenvalue weighted by atomic mass is 10.2. The van der Waals surface area contributed by atoms with Crippen molar-refractivity contribution in [2.45, 2.75) is 46.0 Å².